The molecule has 2 aromatic rings. The minimum atomic E-state index is 0.108. The van der Waals surface area contributed by atoms with E-state index < -0.39 is 0 Å². The Bertz CT molecular complexity index is 420. The minimum Gasteiger partial charge on any atom is -0.468 e. The number of aliphatic hydroxyl groups excluding tert-OH is 1. The lowest BCUT2D eigenvalue weighted by atomic mass is 10.1. The zero-order valence-corrected chi connectivity index (χ0v) is 9.73. The molecule has 2 N–H and O–H groups in total. The van der Waals surface area contributed by atoms with Crippen molar-refractivity contribution < 1.29 is 9.52 Å². The molecule has 0 radical (unpaired) electrons. The summed E-state index contributed by atoms with van der Waals surface area (Å²) < 4.78 is 5.23. The third-order valence-corrected chi connectivity index (χ3v) is 2.68. The SMILES string of the molecule is OCc1ccc(CCNCc2ccco2)cc1. The normalized spacial score (nSPS) is 10.6. The molecule has 0 saturated carbocycles. The fraction of sp³-hybridized carbons (Fsp3) is 0.286. The molecule has 0 aliphatic rings. The van der Waals surface area contributed by atoms with Gasteiger partial charge in [-0.05, 0) is 36.2 Å². The van der Waals surface area contributed by atoms with Crippen molar-refractivity contribution in [1.82, 2.24) is 5.32 Å². The highest BCUT2D eigenvalue weighted by molar-refractivity contribution is 5.22. The highest BCUT2D eigenvalue weighted by Gasteiger charge is 1.96. The summed E-state index contributed by atoms with van der Waals surface area (Å²) in [6.07, 6.45) is 2.66. The first-order chi connectivity index (χ1) is 8.38. The highest BCUT2D eigenvalue weighted by Crippen LogP contribution is 2.05. The van der Waals surface area contributed by atoms with Crippen LogP contribution in [0.15, 0.2) is 47.1 Å². The summed E-state index contributed by atoms with van der Waals surface area (Å²) >= 11 is 0. The Morgan fingerprint density at radius 2 is 1.82 bits per heavy atom. The Hall–Kier alpha value is -1.58. The Kier molecular flexibility index (Phi) is 4.36. The fourth-order valence-corrected chi connectivity index (χ4v) is 1.67. The van der Waals surface area contributed by atoms with E-state index in [1.54, 1.807) is 6.26 Å². The third-order valence-electron chi connectivity index (χ3n) is 2.68. The Balaban J connectivity index is 1.70. The zero-order chi connectivity index (χ0) is 11.9. The molecular weight excluding hydrogens is 214 g/mol. The quantitative estimate of drug-likeness (QED) is 0.748. The second-order valence-electron chi connectivity index (χ2n) is 3.98. The van der Waals surface area contributed by atoms with Gasteiger partial charge in [-0.3, -0.25) is 0 Å². The van der Waals surface area contributed by atoms with Gasteiger partial charge >= 0.3 is 0 Å². The van der Waals surface area contributed by atoms with Crippen LogP contribution in [-0.4, -0.2) is 11.7 Å². The first-order valence-electron chi connectivity index (χ1n) is 5.80. The van der Waals surface area contributed by atoms with E-state index in [-0.39, 0.29) is 6.61 Å². The van der Waals surface area contributed by atoms with E-state index in [1.807, 2.05) is 24.3 Å². The molecule has 17 heavy (non-hydrogen) atoms. The van der Waals surface area contributed by atoms with Crippen molar-refractivity contribution in [3.8, 4) is 0 Å². The van der Waals surface area contributed by atoms with Crippen molar-refractivity contribution in [1.29, 1.82) is 0 Å². The lowest BCUT2D eigenvalue weighted by Crippen LogP contribution is -2.16. The molecule has 3 heteroatoms. The number of rotatable bonds is 6. The summed E-state index contributed by atoms with van der Waals surface area (Å²) in [5.41, 5.74) is 2.23. The topological polar surface area (TPSA) is 45.4 Å². The summed E-state index contributed by atoms with van der Waals surface area (Å²) in [5.74, 6) is 0.959. The van der Waals surface area contributed by atoms with Gasteiger partial charge in [0, 0.05) is 0 Å². The minimum absolute atomic E-state index is 0.108. The van der Waals surface area contributed by atoms with E-state index in [4.69, 9.17) is 9.52 Å². The predicted octanol–water partition coefficient (Wildman–Crippen LogP) is 2.10. The van der Waals surface area contributed by atoms with Gasteiger partial charge in [-0.2, -0.15) is 0 Å². The third kappa shape index (κ3) is 3.73. The maximum absolute atomic E-state index is 8.93. The standard InChI is InChI=1S/C14H17NO2/c16-11-13-5-3-12(4-6-13)7-8-15-10-14-2-1-9-17-14/h1-6,9,15-16H,7-8,10-11H2. The van der Waals surface area contributed by atoms with E-state index in [9.17, 15) is 0 Å². The molecule has 1 heterocycles. The molecule has 1 aromatic carbocycles. The number of aliphatic hydroxyl groups is 1. The van der Waals surface area contributed by atoms with Gasteiger partial charge in [0.2, 0.25) is 0 Å². The van der Waals surface area contributed by atoms with Crippen LogP contribution in [-0.2, 0) is 19.6 Å². The first-order valence-corrected chi connectivity index (χ1v) is 5.80. The molecule has 0 unspecified atom stereocenters. The molecule has 90 valence electrons. The maximum atomic E-state index is 8.93. The first kappa shape index (κ1) is 11.9. The lowest BCUT2D eigenvalue weighted by molar-refractivity contribution is 0.282. The molecule has 0 saturated heterocycles. The largest absolute Gasteiger partial charge is 0.468 e. The van der Waals surface area contributed by atoms with E-state index >= 15 is 0 Å². The van der Waals surface area contributed by atoms with Gasteiger partial charge in [0.1, 0.15) is 5.76 Å². The van der Waals surface area contributed by atoms with Crippen molar-refractivity contribution in [3.05, 3.63) is 59.5 Å². The molecule has 0 atom stereocenters. The van der Waals surface area contributed by atoms with Crippen LogP contribution in [0, 0.1) is 0 Å². The van der Waals surface area contributed by atoms with Crippen LogP contribution >= 0.6 is 0 Å². The molecule has 0 fully saturated rings. The lowest BCUT2D eigenvalue weighted by Gasteiger charge is -2.04. The molecule has 0 bridgehead atoms. The number of hydrogen-bond donors (Lipinski definition) is 2. The van der Waals surface area contributed by atoms with Crippen LogP contribution in [0.25, 0.3) is 0 Å². The summed E-state index contributed by atoms with van der Waals surface area (Å²) in [6, 6.07) is 11.9. The van der Waals surface area contributed by atoms with Gasteiger partial charge < -0.3 is 14.8 Å². The summed E-state index contributed by atoms with van der Waals surface area (Å²) in [7, 11) is 0. The molecular formula is C14H17NO2. The number of nitrogens with one attached hydrogen (secondary N) is 1. The van der Waals surface area contributed by atoms with Gasteiger partial charge in [-0.15, -0.1) is 0 Å². The number of furan rings is 1. The van der Waals surface area contributed by atoms with Crippen molar-refractivity contribution in [2.24, 2.45) is 0 Å². The Morgan fingerprint density at radius 3 is 2.47 bits per heavy atom. The number of hydrogen-bond acceptors (Lipinski definition) is 3. The Labute approximate surface area is 101 Å². The second-order valence-corrected chi connectivity index (χ2v) is 3.98. The summed E-state index contributed by atoms with van der Waals surface area (Å²) in [5, 5.41) is 12.2. The molecule has 3 nitrogen and oxygen atoms in total. The summed E-state index contributed by atoms with van der Waals surface area (Å²) in [4.78, 5) is 0. The molecule has 0 amide bonds. The molecule has 0 aliphatic heterocycles. The molecule has 1 aromatic heterocycles. The zero-order valence-electron chi connectivity index (χ0n) is 9.73. The van der Waals surface area contributed by atoms with Gasteiger partial charge in [-0.1, -0.05) is 24.3 Å². The monoisotopic (exact) mass is 231 g/mol. The van der Waals surface area contributed by atoms with Crippen molar-refractivity contribution in [2.75, 3.05) is 6.54 Å². The van der Waals surface area contributed by atoms with Crippen molar-refractivity contribution >= 4 is 0 Å². The van der Waals surface area contributed by atoms with Crippen LogP contribution in [0.1, 0.15) is 16.9 Å². The van der Waals surface area contributed by atoms with Crippen LogP contribution in [0.4, 0.5) is 0 Å². The van der Waals surface area contributed by atoms with Gasteiger partial charge in [0.25, 0.3) is 0 Å². The van der Waals surface area contributed by atoms with Crippen LogP contribution in [0.3, 0.4) is 0 Å². The Morgan fingerprint density at radius 1 is 1.06 bits per heavy atom. The predicted molar refractivity (Wildman–Crippen MR) is 66.5 cm³/mol. The second kappa shape index (κ2) is 6.23. The number of benzene rings is 1. The average molecular weight is 231 g/mol. The van der Waals surface area contributed by atoms with E-state index in [0.29, 0.717) is 0 Å². The molecule has 0 spiro atoms. The van der Waals surface area contributed by atoms with E-state index in [2.05, 4.69) is 17.4 Å². The maximum Gasteiger partial charge on any atom is 0.117 e. The molecule has 2 rings (SSSR count). The highest BCUT2D eigenvalue weighted by atomic mass is 16.3. The van der Waals surface area contributed by atoms with Gasteiger partial charge in [-0.25, -0.2) is 0 Å². The van der Waals surface area contributed by atoms with Crippen LogP contribution in [0.2, 0.25) is 0 Å². The van der Waals surface area contributed by atoms with E-state index in [0.717, 1.165) is 30.8 Å². The van der Waals surface area contributed by atoms with Gasteiger partial charge in [0.15, 0.2) is 0 Å². The smallest absolute Gasteiger partial charge is 0.117 e. The van der Waals surface area contributed by atoms with Crippen LogP contribution in [0.5, 0.6) is 0 Å². The van der Waals surface area contributed by atoms with Gasteiger partial charge in [0.05, 0.1) is 19.4 Å². The van der Waals surface area contributed by atoms with Crippen molar-refractivity contribution in [2.45, 2.75) is 19.6 Å². The van der Waals surface area contributed by atoms with Crippen molar-refractivity contribution in [3.63, 3.8) is 0 Å². The average Bonchev–Trinajstić information content (AvgIpc) is 2.88. The molecule has 0 aliphatic carbocycles. The summed E-state index contributed by atoms with van der Waals surface area (Å²) in [6.45, 7) is 1.79. The van der Waals surface area contributed by atoms with Crippen LogP contribution < -0.4 is 5.32 Å². The van der Waals surface area contributed by atoms with E-state index in [1.165, 1.54) is 5.56 Å². The fourth-order valence-electron chi connectivity index (χ4n) is 1.67.